The highest BCUT2D eigenvalue weighted by atomic mass is 16.5. The molecule has 2 N–H and O–H groups in total. The number of nitrogens with zero attached hydrogens (tertiary/aromatic N) is 4. The molecule has 0 unspecified atom stereocenters. The fourth-order valence-electron chi connectivity index (χ4n) is 3.95. The number of amides is 1. The van der Waals surface area contributed by atoms with Gasteiger partial charge in [0.1, 0.15) is 0 Å². The Hall–Kier alpha value is -3.26. The smallest absolute Gasteiger partial charge is 0.316 e. The highest BCUT2D eigenvalue weighted by molar-refractivity contribution is 6.14. The fraction of sp³-hybridized carbons (Fsp3) is 0.364. The Morgan fingerprint density at radius 1 is 1.20 bits per heavy atom. The van der Waals surface area contributed by atoms with E-state index in [1.165, 1.54) is 7.11 Å². The topological polar surface area (TPSA) is 92.3 Å². The molecule has 3 aromatic rings. The number of aryl methyl sites for hydroxylation is 1. The van der Waals surface area contributed by atoms with E-state index in [1.807, 2.05) is 25.1 Å². The van der Waals surface area contributed by atoms with E-state index in [9.17, 15) is 4.79 Å². The minimum absolute atomic E-state index is 0.230. The Morgan fingerprint density at radius 3 is 2.67 bits per heavy atom. The number of pyridine rings is 1. The van der Waals surface area contributed by atoms with Crippen LogP contribution in [-0.4, -0.2) is 53.1 Å². The molecule has 3 heterocycles. The summed E-state index contributed by atoms with van der Waals surface area (Å²) >= 11 is 0. The number of ether oxygens (including phenoxy) is 1. The summed E-state index contributed by atoms with van der Waals surface area (Å²) in [6, 6.07) is 6.61. The van der Waals surface area contributed by atoms with E-state index in [4.69, 9.17) is 4.74 Å². The molecule has 0 spiro atoms. The average molecular weight is 406 g/mol. The second kappa shape index (κ2) is 8.23. The van der Waals surface area contributed by atoms with Gasteiger partial charge in [-0.1, -0.05) is 0 Å². The molecule has 1 amide bonds. The Balaban J connectivity index is 1.77. The third kappa shape index (κ3) is 3.91. The first-order chi connectivity index (χ1) is 14.5. The van der Waals surface area contributed by atoms with E-state index in [1.54, 1.807) is 18.6 Å². The molecule has 156 valence electrons. The fourth-order valence-corrected chi connectivity index (χ4v) is 3.95. The molecule has 1 fully saturated rings. The second-order valence-electron chi connectivity index (χ2n) is 7.77. The lowest BCUT2D eigenvalue weighted by Crippen LogP contribution is -2.54. The minimum Gasteiger partial charge on any atom is -0.467 e. The van der Waals surface area contributed by atoms with Crippen LogP contribution in [0.15, 0.2) is 36.8 Å². The number of carbonyl (C=O) groups is 1. The Morgan fingerprint density at radius 2 is 1.97 bits per heavy atom. The van der Waals surface area contributed by atoms with E-state index in [0.717, 1.165) is 29.7 Å². The van der Waals surface area contributed by atoms with Crippen LogP contribution in [0, 0.1) is 6.92 Å². The number of methoxy groups -OCH3 is 1. The molecule has 4 rings (SSSR count). The van der Waals surface area contributed by atoms with Gasteiger partial charge < -0.3 is 20.3 Å². The van der Waals surface area contributed by atoms with Crippen LogP contribution in [0.3, 0.4) is 0 Å². The molecule has 0 radical (unpaired) electrons. The first-order valence-corrected chi connectivity index (χ1v) is 10.0. The van der Waals surface area contributed by atoms with E-state index in [0.29, 0.717) is 28.9 Å². The zero-order valence-corrected chi connectivity index (χ0v) is 17.6. The van der Waals surface area contributed by atoms with Crippen molar-refractivity contribution in [2.75, 3.05) is 30.4 Å². The van der Waals surface area contributed by atoms with Crippen LogP contribution >= 0.6 is 0 Å². The summed E-state index contributed by atoms with van der Waals surface area (Å²) in [5.41, 5.74) is 3.66. The van der Waals surface area contributed by atoms with Crippen LogP contribution in [-0.2, 0) is 0 Å². The number of anilines is 2. The van der Waals surface area contributed by atoms with Gasteiger partial charge in [-0.25, -0.2) is 4.98 Å². The molecule has 0 bridgehead atoms. The molecular formula is C22H26N6O2. The summed E-state index contributed by atoms with van der Waals surface area (Å²) in [5, 5.41) is 7.31. The van der Waals surface area contributed by atoms with Crippen molar-refractivity contribution in [3.8, 4) is 6.01 Å². The van der Waals surface area contributed by atoms with Crippen molar-refractivity contribution in [1.82, 2.24) is 20.3 Å². The van der Waals surface area contributed by atoms with Gasteiger partial charge in [-0.15, -0.1) is 0 Å². The van der Waals surface area contributed by atoms with Crippen LogP contribution in [0.5, 0.6) is 6.01 Å². The third-order valence-electron chi connectivity index (χ3n) is 5.32. The number of carbonyl (C=O) groups excluding carboxylic acids is 1. The second-order valence-corrected chi connectivity index (χ2v) is 7.77. The molecular weight excluding hydrogens is 380 g/mol. The van der Waals surface area contributed by atoms with Gasteiger partial charge in [0.05, 0.1) is 30.1 Å². The van der Waals surface area contributed by atoms with Crippen molar-refractivity contribution in [2.24, 2.45) is 0 Å². The molecule has 2 atom stereocenters. The van der Waals surface area contributed by atoms with Crippen molar-refractivity contribution in [3.05, 3.63) is 47.9 Å². The molecule has 1 aromatic carbocycles. The van der Waals surface area contributed by atoms with Gasteiger partial charge in [-0.3, -0.25) is 9.78 Å². The normalized spacial score (nSPS) is 19.0. The highest BCUT2D eigenvalue weighted by Crippen LogP contribution is 2.31. The monoisotopic (exact) mass is 406 g/mol. The molecule has 0 aliphatic carbocycles. The van der Waals surface area contributed by atoms with Gasteiger partial charge in [0.2, 0.25) is 0 Å². The number of benzene rings is 1. The van der Waals surface area contributed by atoms with E-state index in [2.05, 4.69) is 44.3 Å². The number of nitrogens with one attached hydrogen (secondary N) is 2. The van der Waals surface area contributed by atoms with Crippen molar-refractivity contribution in [3.63, 3.8) is 0 Å². The SMILES string of the molecule is COc1ncc2c(N3C[C@H](C)N[C@@H](C)C3)ccc(C(=O)Nc3cnccc3C)c2n1. The summed E-state index contributed by atoms with van der Waals surface area (Å²) in [5.74, 6) is -0.245. The highest BCUT2D eigenvalue weighted by Gasteiger charge is 2.24. The Kier molecular flexibility index (Phi) is 5.50. The van der Waals surface area contributed by atoms with Crippen LogP contribution in [0.25, 0.3) is 10.9 Å². The summed E-state index contributed by atoms with van der Waals surface area (Å²) in [6.07, 6.45) is 5.07. The predicted octanol–water partition coefficient (Wildman–Crippen LogP) is 2.78. The number of hydrogen-bond donors (Lipinski definition) is 2. The van der Waals surface area contributed by atoms with Gasteiger partial charge in [0.15, 0.2) is 0 Å². The lowest BCUT2D eigenvalue weighted by Gasteiger charge is -2.38. The van der Waals surface area contributed by atoms with Gasteiger partial charge in [-0.05, 0) is 44.5 Å². The van der Waals surface area contributed by atoms with Crippen LogP contribution in [0.1, 0.15) is 29.8 Å². The first-order valence-electron chi connectivity index (χ1n) is 10.0. The van der Waals surface area contributed by atoms with Crippen LogP contribution < -0.4 is 20.3 Å². The van der Waals surface area contributed by atoms with Crippen molar-refractivity contribution in [2.45, 2.75) is 32.9 Å². The van der Waals surface area contributed by atoms with E-state index in [-0.39, 0.29) is 11.9 Å². The van der Waals surface area contributed by atoms with Gasteiger partial charge in [0, 0.05) is 48.6 Å². The van der Waals surface area contributed by atoms with E-state index >= 15 is 0 Å². The molecule has 8 nitrogen and oxygen atoms in total. The summed E-state index contributed by atoms with van der Waals surface area (Å²) in [7, 11) is 1.52. The lowest BCUT2D eigenvalue weighted by molar-refractivity contribution is 0.102. The van der Waals surface area contributed by atoms with Crippen LogP contribution in [0.2, 0.25) is 0 Å². The molecule has 1 aliphatic heterocycles. The number of fused-ring (bicyclic) bond motifs is 1. The first kappa shape index (κ1) is 20.0. The number of aromatic nitrogens is 3. The lowest BCUT2D eigenvalue weighted by atomic mass is 10.0. The number of piperazine rings is 1. The Bertz CT molecular complexity index is 1080. The van der Waals surface area contributed by atoms with Gasteiger partial charge in [0.25, 0.3) is 5.91 Å². The molecule has 1 aliphatic rings. The zero-order valence-electron chi connectivity index (χ0n) is 17.6. The maximum absolute atomic E-state index is 13.1. The number of hydrogen-bond acceptors (Lipinski definition) is 7. The average Bonchev–Trinajstić information content (AvgIpc) is 2.73. The summed E-state index contributed by atoms with van der Waals surface area (Å²) in [4.78, 5) is 28.3. The maximum Gasteiger partial charge on any atom is 0.316 e. The number of rotatable bonds is 4. The third-order valence-corrected chi connectivity index (χ3v) is 5.32. The summed E-state index contributed by atoms with van der Waals surface area (Å²) in [6.45, 7) is 8.00. The maximum atomic E-state index is 13.1. The van der Waals surface area contributed by atoms with Crippen molar-refractivity contribution in [1.29, 1.82) is 0 Å². The zero-order chi connectivity index (χ0) is 21.3. The quantitative estimate of drug-likeness (QED) is 0.688. The molecule has 30 heavy (non-hydrogen) atoms. The summed E-state index contributed by atoms with van der Waals surface area (Å²) < 4.78 is 5.23. The Labute approximate surface area is 175 Å². The molecule has 8 heteroatoms. The molecule has 0 saturated carbocycles. The van der Waals surface area contributed by atoms with Gasteiger partial charge >= 0.3 is 6.01 Å². The molecule has 1 saturated heterocycles. The minimum atomic E-state index is -0.245. The van der Waals surface area contributed by atoms with Crippen molar-refractivity contribution >= 4 is 28.2 Å². The van der Waals surface area contributed by atoms with Crippen molar-refractivity contribution < 1.29 is 9.53 Å². The predicted molar refractivity (Wildman–Crippen MR) is 117 cm³/mol. The standard InChI is InChI=1S/C22H26N6O2/c1-13-7-8-23-10-18(13)26-21(29)16-5-6-19(28-11-14(2)25-15(3)12-28)17-9-24-22(30-4)27-20(16)17/h5-10,14-15,25H,11-12H2,1-4H3,(H,26,29)/t14-,15-/m0/s1. The van der Waals surface area contributed by atoms with E-state index < -0.39 is 0 Å². The van der Waals surface area contributed by atoms with Crippen LogP contribution in [0.4, 0.5) is 11.4 Å². The molecule has 2 aromatic heterocycles. The van der Waals surface area contributed by atoms with Gasteiger partial charge in [-0.2, -0.15) is 4.98 Å². The largest absolute Gasteiger partial charge is 0.467 e.